The summed E-state index contributed by atoms with van der Waals surface area (Å²) in [5.74, 6) is 0. The summed E-state index contributed by atoms with van der Waals surface area (Å²) < 4.78 is 0.868. The highest BCUT2D eigenvalue weighted by atomic mass is 79.9. The van der Waals surface area contributed by atoms with Crippen LogP contribution in [0.1, 0.15) is 17.2 Å². The Morgan fingerprint density at radius 1 is 1.15 bits per heavy atom. The van der Waals surface area contributed by atoms with Gasteiger partial charge in [0.15, 0.2) is 0 Å². The quantitative estimate of drug-likeness (QED) is 0.775. The van der Waals surface area contributed by atoms with Crippen molar-refractivity contribution in [2.24, 2.45) is 5.73 Å². The molecule has 0 aliphatic heterocycles. The standard InChI is InChI=1S/C15H15BrCl2N2/c1-9-2-3-10(6-13(9)17)15(8-19)20-11-4-5-12(16)14(18)7-11/h2-7,15,20H,8,19H2,1H3. The van der Waals surface area contributed by atoms with E-state index in [2.05, 4.69) is 21.2 Å². The second kappa shape index (κ2) is 6.81. The van der Waals surface area contributed by atoms with Gasteiger partial charge in [-0.15, -0.1) is 0 Å². The number of anilines is 1. The topological polar surface area (TPSA) is 38.0 Å². The summed E-state index contributed by atoms with van der Waals surface area (Å²) in [6.45, 7) is 2.44. The van der Waals surface area contributed by atoms with Crippen molar-refractivity contribution in [2.45, 2.75) is 13.0 Å². The fraction of sp³-hybridized carbons (Fsp3) is 0.200. The zero-order valence-electron chi connectivity index (χ0n) is 11.0. The van der Waals surface area contributed by atoms with E-state index in [1.54, 1.807) is 0 Å². The fourth-order valence-electron chi connectivity index (χ4n) is 1.89. The van der Waals surface area contributed by atoms with Crippen LogP contribution in [-0.4, -0.2) is 6.54 Å². The van der Waals surface area contributed by atoms with Gasteiger partial charge in [0, 0.05) is 21.7 Å². The van der Waals surface area contributed by atoms with Crippen molar-refractivity contribution in [3.63, 3.8) is 0 Å². The first-order valence-corrected chi connectivity index (χ1v) is 7.74. The van der Waals surface area contributed by atoms with Gasteiger partial charge in [0.2, 0.25) is 0 Å². The summed E-state index contributed by atoms with van der Waals surface area (Å²) in [6.07, 6.45) is 0. The van der Waals surface area contributed by atoms with Gasteiger partial charge in [0.05, 0.1) is 11.1 Å². The molecule has 0 saturated carbocycles. The molecule has 106 valence electrons. The molecule has 2 rings (SSSR count). The van der Waals surface area contributed by atoms with Gasteiger partial charge in [-0.1, -0.05) is 35.3 Å². The SMILES string of the molecule is Cc1ccc(C(CN)Nc2ccc(Br)c(Cl)c2)cc1Cl. The van der Waals surface area contributed by atoms with Gasteiger partial charge in [-0.25, -0.2) is 0 Å². The Bertz CT molecular complexity index is 617. The minimum atomic E-state index is -0.00894. The van der Waals surface area contributed by atoms with E-state index in [0.29, 0.717) is 11.6 Å². The molecule has 5 heteroatoms. The molecule has 1 atom stereocenters. The smallest absolute Gasteiger partial charge is 0.0636 e. The van der Waals surface area contributed by atoms with Gasteiger partial charge >= 0.3 is 0 Å². The van der Waals surface area contributed by atoms with Crippen LogP contribution in [0.4, 0.5) is 5.69 Å². The molecule has 0 saturated heterocycles. The van der Waals surface area contributed by atoms with Crippen LogP contribution in [0, 0.1) is 6.92 Å². The molecule has 2 aromatic carbocycles. The Hall–Kier alpha value is -0.740. The third kappa shape index (κ3) is 3.67. The van der Waals surface area contributed by atoms with Crippen LogP contribution in [0.15, 0.2) is 40.9 Å². The third-order valence-electron chi connectivity index (χ3n) is 3.09. The Balaban J connectivity index is 2.23. The van der Waals surface area contributed by atoms with Crippen molar-refractivity contribution < 1.29 is 0 Å². The van der Waals surface area contributed by atoms with Crippen LogP contribution >= 0.6 is 39.1 Å². The highest BCUT2D eigenvalue weighted by molar-refractivity contribution is 9.10. The minimum Gasteiger partial charge on any atom is -0.377 e. The lowest BCUT2D eigenvalue weighted by atomic mass is 10.0. The Kier molecular flexibility index (Phi) is 5.33. The van der Waals surface area contributed by atoms with Crippen LogP contribution in [0.5, 0.6) is 0 Å². The Labute approximate surface area is 137 Å². The van der Waals surface area contributed by atoms with Crippen LogP contribution in [0.2, 0.25) is 10.0 Å². The van der Waals surface area contributed by atoms with E-state index >= 15 is 0 Å². The summed E-state index contributed by atoms with van der Waals surface area (Å²) in [4.78, 5) is 0. The molecule has 0 aromatic heterocycles. The molecule has 20 heavy (non-hydrogen) atoms. The molecular weight excluding hydrogens is 359 g/mol. The lowest BCUT2D eigenvalue weighted by molar-refractivity contribution is 0.790. The van der Waals surface area contributed by atoms with Crippen LogP contribution in [0.25, 0.3) is 0 Å². The first-order chi connectivity index (χ1) is 9.51. The monoisotopic (exact) mass is 372 g/mol. The van der Waals surface area contributed by atoms with E-state index in [-0.39, 0.29) is 6.04 Å². The first kappa shape index (κ1) is 15.6. The summed E-state index contributed by atoms with van der Waals surface area (Å²) in [5.41, 5.74) is 8.89. The van der Waals surface area contributed by atoms with Crippen LogP contribution < -0.4 is 11.1 Å². The second-order valence-electron chi connectivity index (χ2n) is 4.57. The largest absolute Gasteiger partial charge is 0.377 e. The van der Waals surface area contributed by atoms with E-state index in [1.807, 2.05) is 43.3 Å². The highest BCUT2D eigenvalue weighted by Gasteiger charge is 2.11. The maximum atomic E-state index is 6.17. The minimum absolute atomic E-state index is 0.00894. The maximum Gasteiger partial charge on any atom is 0.0636 e. The molecule has 0 aliphatic carbocycles. The molecule has 3 N–H and O–H groups in total. The van der Waals surface area contributed by atoms with Crippen molar-refractivity contribution in [3.8, 4) is 0 Å². The Morgan fingerprint density at radius 3 is 2.50 bits per heavy atom. The summed E-state index contributed by atoms with van der Waals surface area (Å²) in [5, 5.41) is 4.78. The van der Waals surface area contributed by atoms with E-state index in [4.69, 9.17) is 28.9 Å². The molecule has 0 heterocycles. The normalized spacial score (nSPS) is 12.2. The third-order valence-corrected chi connectivity index (χ3v) is 4.73. The molecule has 2 aromatic rings. The van der Waals surface area contributed by atoms with E-state index < -0.39 is 0 Å². The predicted octanol–water partition coefficient (Wildman–Crippen LogP) is 5.18. The molecule has 0 spiro atoms. The maximum absolute atomic E-state index is 6.17. The van der Waals surface area contributed by atoms with Gasteiger partial charge in [-0.2, -0.15) is 0 Å². The molecule has 0 fully saturated rings. The number of hydrogen-bond acceptors (Lipinski definition) is 2. The van der Waals surface area contributed by atoms with Gasteiger partial charge in [0.1, 0.15) is 0 Å². The van der Waals surface area contributed by atoms with Crippen LogP contribution in [0.3, 0.4) is 0 Å². The van der Waals surface area contributed by atoms with Crippen molar-refractivity contribution in [1.29, 1.82) is 0 Å². The number of halogens is 3. The van der Waals surface area contributed by atoms with Crippen molar-refractivity contribution in [2.75, 3.05) is 11.9 Å². The molecule has 1 unspecified atom stereocenters. The molecule has 0 bridgehead atoms. The van der Waals surface area contributed by atoms with Crippen molar-refractivity contribution >= 4 is 44.8 Å². The molecule has 0 aliphatic rings. The fourth-order valence-corrected chi connectivity index (χ4v) is 2.51. The van der Waals surface area contributed by atoms with Crippen molar-refractivity contribution in [1.82, 2.24) is 0 Å². The number of hydrogen-bond donors (Lipinski definition) is 2. The average Bonchev–Trinajstić information content (AvgIpc) is 2.43. The molecule has 0 amide bonds. The highest BCUT2D eigenvalue weighted by Crippen LogP contribution is 2.28. The second-order valence-corrected chi connectivity index (χ2v) is 6.24. The summed E-state index contributed by atoms with van der Waals surface area (Å²) >= 11 is 15.6. The molecule has 0 radical (unpaired) electrons. The number of rotatable bonds is 4. The number of aryl methyl sites for hydroxylation is 1. The number of nitrogens with two attached hydrogens (primary N) is 1. The van der Waals surface area contributed by atoms with E-state index in [9.17, 15) is 0 Å². The first-order valence-electron chi connectivity index (χ1n) is 6.19. The van der Waals surface area contributed by atoms with Crippen molar-refractivity contribution in [3.05, 3.63) is 62.0 Å². The average molecular weight is 374 g/mol. The molecular formula is C15H15BrCl2N2. The van der Waals surface area contributed by atoms with Gasteiger partial charge in [-0.3, -0.25) is 0 Å². The van der Waals surface area contributed by atoms with Crippen LogP contribution in [-0.2, 0) is 0 Å². The van der Waals surface area contributed by atoms with Gasteiger partial charge < -0.3 is 11.1 Å². The zero-order chi connectivity index (χ0) is 14.7. The van der Waals surface area contributed by atoms with E-state index in [1.165, 1.54) is 0 Å². The number of nitrogens with one attached hydrogen (secondary N) is 1. The zero-order valence-corrected chi connectivity index (χ0v) is 14.1. The summed E-state index contributed by atoms with van der Waals surface area (Å²) in [6, 6.07) is 11.7. The van der Waals surface area contributed by atoms with E-state index in [0.717, 1.165) is 26.3 Å². The summed E-state index contributed by atoms with van der Waals surface area (Å²) in [7, 11) is 0. The van der Waals surface area contributed by atoms with Gasteiger partial charge in [0.25, 0.3) is 0 Å². The number of benzene rings is 2. The Morgan fingerprint density at radius 2 is 1.90 bits per heavy atom. The lowest BCUT2D eigenvalue weighted by Crippen LogP contribution is -2.20. The predicted molar refractivity (Wildman–Crippen MR) is 90.8 cm³/mol. The lowest BCUT2D eigenvalue weighted by Gasteiger charge is -2.19. The van der Waals surface area contributed by atoms with Gasteiger partial charge in [-0.05, 0) is 58.2 Å². The molecule has 2 nitrogen and oxygen atoms in total.